The molecule has 1 atom stereocenters. The zero-order valence-corrected chi connectivity index (χ0v) is 16.6. The Morgan fingerprint density at radius 2 is 1.52 bits per heavy atom. The lowest BCUT2D eigenvalue weighted by molar-refractivity contribution is 0.0694. The highest BCUT2D eigenvalue weighted by atomic mass is 35.5. The summed E-state index contributed by atoms with van der Waals surface area (Å²) in [6.45, 7) is 0.618. The zero-order chi connectivity index (χ0) is 19.0. The molecule has 5 heteroatoms. The average molecular weight is 417 g/mol. The summed E-state index contributed by atoms with van der Waals surface area (Å²) in [7, 11) is 0. The number of hydrogen-bond donors (Lipinski definition) is 0. The standard InChI is InChI=1S/C22H16Cl3NO/c23-17-7-5-15(6-8-17)21-20-4-2-1-3-14(20)9-10-26(21)22(27)16-11-18(24)13-19(25)12-16/h1-8,11-13,21H,9-10H2/t21-/m0/s1. The Morgan fingerprint density at radius 1 is 0.852 bits per heavy atom. The second-order valence-electron chi connectivity index (χ2n) is 6.56. The smallest absolute Gasteiger partial charge is 0.254 e. The van der Waals surface area contributed by atoms with Gasteiger partial charge in [-0.25, -0.2) is 0 Å². The van der Waals surface area contributed by atoms with Gasteiger partial charge in [-0.15, -0.1) is 0 Å². The molecule has 1 aliphatic rings. The number of rotatable bonds is 2. The van der Waals surface area contributed by atoms with Crippen LogP contribution in [0, 0.1) is 0 Å². The maximum atomic E-state index is 13.3. The van der Waals surface area contributed by atoms with Crippen molar-refractivity contribution in [1.29, 1.82) is 0 Å². The van der Waals surface area contributed by atoms with Crippen LogP contribution in [0.2, 0.25) is 15.1 Å². The first kappa shape index (κ1) is 18.4. The lowest BCUT2D eigenvalue weighted by Gasteiger charge is -2.38. The van der Waals surface area contributed by atoms with E-state index in [1.165, 1.54) is 5.56 Å². The molecule has 3 aromatic rings. The predicted molar refractivity (Wildman–Crippen MR) is 111 cm³/mol. The molecule has 136 valence electrons. The number of fused-ring (bicyclic) bond motifs is 1. The van der Waals surface area contributed by atoms with Crippen molar-refractivity contribution in [3.05, 3.63) is 104 Å². The molecule has 0 radical (unpaired) electrons. The number of halogens is 3. The summed E-state index contributed by atoms with van der Waals surface area (Å²) in [5.74, 6) is -0.0890. The molecular weight excluding hydrogens is 401 g/mol. The van der Waals surface area contributed by atoms with Crippen LogP contribution in [-0.2, 0) is 6.42 Å². The van der Waals surface area contributed by atoms with Gasteiger partial charge in [0.15, 0.2) is 0 Å². The first-order chi connectivity index (χ1) is 13.0. The third-order valence-electron chi connectivity index (χ3n) is 4.84. The minimum Gasteiger partial charge on any atom is -0.327 e. The van der Waals surface area contributed by atoms with Crippen LogP contribution >= 0.6 is 34.8 Å². The molecule has 0 saturated carbocycles. The number of carbonyl (C=O) groups excluding carboxylic acids is 1. The van der Waals surface area contributed by atoms with Gasteiger partial charge in [-0.3, -0.25) is 4.79 Å². The van der Waals surface area contributed by atoms with E-state index in [4.69, 9.17) is 34.8 Å². The van der Waals surface area contributed by atoms with Crippen LogP contribution in [0.4, 0.5) is 0 Å². The van der Waals surface area contributed by atoms with Crippen LogP contribution in [0.15, 0.2) is 66.7 Å². The molecule has 0 spiro atoms. The molecule has 0 bridgehead atoms. The van der Waals surface area contributed by atoms with Crippen molar-refractivity contribution in [2.75, 3.05) is 6.54 Å². The van der Waals surface area contributed by atoms with E-state index in [9.17, 15) is 4.79 Å². The van der Waals surface area contributed by atoms with E-state index in [-0.39, 0.29) is 11.9 Å². The fourth-order valence-electron chi connectivity index (χ4n) is 3.63. The van der Waals surface area contributed by atoms with Gasteiger partial charge in [0.25, 0.3) is 5.91 Å². The summed E-state index contributed by atoms with van der Waals surface area (Å²) in [5.41, 5.74) is 3.90. The summed E-state index contributed by atoms with van der Waals surface area (Å²) < 4.78 is 0. The van der Waals surface area contributed by atoms with E-state index in [1.54, 1.807) is 18.2 Å². The Kier molecular flexibility index (Phi) is 5.14. The highest BCUT2D eigenvalue weighted by molar-refractivity contribution is 6.35. The maximum absolute atomic E-state index is 13.3. The van der Waals surface area contributed by atoms with Crippen LogP contribution in [-0.4, -0.2) is 17.4 Å². The van der Waals surface area contributed by atoms with Crippen LogP contribution in [0.5, 0.6) is 0 Å². The second kappa shape index (κ2) is 7.55. The molecule has 0 aromatic heterocycles. The maximum Gasteiger partial charge on any atom is 0.254 e. The van der Waals surface area contributed by atoms with Gasteiger partial charge in [0.1, 0.15) is 0 Å². The molecule has 1 aliphatic heterocycles. The Hall–Kier alpha value is -2.00. The van der Waals surface area contributed by atoms with Crippen molar-refractivity contribution < 1.29 is 4.79 Å². The number of benzene rings is 3. The van der Waals surface area contributed by atoms with E-state index < -0.39 is 0 Å². The summed E-state index contributed by atoms with van der Waals surface area (Å²) >= 11 is 18.3. The summed E-state index contributed by atoms with van der Waals surface area (Å²) in [6, 6.07) is 20.7. The largest absolute Gasteiger partial charge is 0.327 e. The highest BCUT2D eigenvalue weighted by Crippen LogP contribution is 2.37. The number of carbonyl (C=O) groups is 1. The summed E-state index contributed by atoms with van der Waals surface area (Å²) in [6.07, 6.45) is 0.806. The molecule has 0 saturated heterocycles. The SMILES string of the molecule is O=C(c1cc(Cl)cc(Cl)c1)N1CCc2ccccc2[C@@H]1c1ccc(Cl)cc1. The van der Waals surface area contributed by atoms with Gasteiger partial charge >= 0.3 is 0 Å². The minimum absolute atomic E-state index is 0.0890. The molecular formula is C22H16Cl3NO. The van der Waals surface area contributed by atoms with E-state index in [1.807, 2.05) is 41.3 Å². The van der Waals surface area contributed by atoms with E-state index in [0.717, 1.165) is 17.5 Å². The highest BCUT2D eigenvalue weighted by Gasteiger charge is 2.32. The summed E-state index contributed by atoms with van der Waals surface area (Å²) in [5, 5.41) is 1.57. The van der Waals surface area contributed by atoms with Crippen LogP contribution in [0.3, 0.4) is 0 Å². The van der Waals surface area contributed by atoms with E-state index in [0.29, 0.717) is 27.2 Å². The van der Waals surface area contributed by atoms with Crippen LogP contribution in [0.25, 0.3) is 0 Å². The first-order valence-electron chi connectivity index (χ1n) is 8.63. The third-order valence-corrected chi connectivity index (χ3v) is 5.53. The van der Waals surface area contributed by atoms with E-state index in [2.05, 4.69) is 12.1 Å². The van der Waals surface area contributed by atoms with Crippen molar-refractivity contribution in [3.63, 3.8) is 0 Å². The fraction of sp³-hybridized carbons (Fsp3) is 0.136. The summed E-state index contributed by atoms with van der Waals surface area (Å²) in [4.78, 5) is 15.2. The third kappa shape index (κ3) is 3.70. The average Bonchev–Trinajstić information content (AvgIpc) is 2.66. The van der Waals surface area contributed by atoms with Crippen molar-refractivity contribution in [2.24, 2.45) is 0 Å². The molecule has 0 unspecified atom stereocenters. The first-order valence-corrected chi connectivity index (χ1v) is 9.76. The fourth-order valence-corrected chi connectivity index (χ4v) is 4.29. The van der Waals surface area contributed by atoms with Gasteiger partial charge < -0.3 is 4.90 Å². The minimum atomic E-state index is -0.183. The molecule has 3 aromatic carbocycles. The zero-order valence-electron chi connectivity index (χ0n) is 14.3. The molecule has 2 nitrogen and oxygen atoms in total. The monoisotopic (exact) mass is 415 g/mol. The molecule has 4 rings (SSSR count). The molecule has 0 fully saturated rings. The van der Waals surface area contributed by atoms with Crippen molar-refractivity contribution >= 4 is 40.7 Å². The van der Waals surface area contributed by atoms with Gasteiger partial charge in [0, 0.05) is 27.2 Å². The van der Waals surface area contributed by atoms with Gasteiger partial charge in [-0.1, -0.05) is 71.2 Å². The van der Waals surface area contributed by atoms with Crippen LogP contribution in [0.1, 0.15) is 33.1 Å². The van der Waals surface area contributed by atoms with Crippen molar-refractivity contribution in [1.82, 2.24) is 4.90 Å². The lowest BCUT2D eigenvalue weighted by Crippen LogP contribution is -2.40. The lowest BCUT2D eigenvalue weighted by atomic mass is 9.87. The normalized spacial score (nSPS) is 16.1. The van der Waals surface area contributed by atoms with Gasteiger partial charge in [-0.2, -0.15) is 0 Å². The molecule has 1 amide bonds. The predicted octanol–water partition coefficient (Wildman–Crippen LogP) is 6.43. The Bertz CT molecular complexity index is 980. The number of nitrogens with zero attached hydrogens (tertiary/aromatic N) is 1. The van der Waals surface area contributed by atoms with Gasteiger partial charge in [-0.05, 0) is 53.4 Å². The molecule has 0 aliphatic carbocycles. The van der Waals surface area contributed by atoms with Crippen LogP contribution < -0.4 is 0 Å². The number of amides is 1. The Labute approximate surface area is 173 Å². The quantitative estimate of drug-likeness (QED) is 0.471. The second-order valence-corrected chi connectivity index (χ2v) is 7.87. The topological polar surface area (TPSA) is 20.3 Å². The van der Waals surface area contributed by atoms with Gasteiger partial charge in [0.2, 0.25) is 0 Å². The Balaban J connectivity index is 1.81. The number of hydrogen-bond acceptors (Lipinski definition) is 1. The van der Waals surface area contributed by atoms with E-state index >= 15 is 0 Å². The molecule has 27 heavy (non-hydrogen) atoms. The molecule has 0 N–H and O–H groups in total. The van der Waals surface area contributed by atoms with Crippen molar-refractivity contribution in [3.8, 4) is 0 Å². The molecule has 1 heterocycles. The van der Waals surface area contributed by atoms with Gasteiger partial charge in [0.05, 0.1) is 6.04 Å². The Morgan fingerprint density at radius 3 is 2.22 bits per heavy atom. The van der Waals surface area contributed by atoms with Crippen molar-refractivity contribution in [2.45, 2.75) is 12.5 Å².